The van der Waals surface area contributed by atoms with E-state index in [2.05, 4.69) is 26.1 Å². The number of nitrogens with zero attached hydrogens (tertiary/aromatic N) is 1. The number of rotatable bonds is 5. The van der Waals surface area contributed by atoms with Crippen molar-refractivity contribution >= 4 is 21.8 Å². The molecule has 122 valence electrons. The van der Waals surface area contributed by atoms with Crippen LogP contribution in [0.4, 0.5) is 0 Å². The van der Waals surface area contributed by atoms with Crippen LogP contribution >= 0.6 is 15.9 Å². The second-order valence-corrected chi connectivity index (χ2v) is 6.93. The van der Waals surface area contributed by atoms with Crippen molar-refractivity contribution in [1.82, 2.24) is 10.2 Å². The number of carbonyl (C=O) groups excluding carboxylic acids is 1. The van der Waals surface area contributed by atoms with Gasteiger partial charge in [-0.25, -0.2) is 0 Å². The molecule has 1 aliphatic rings. The molecule has 1 fully saturated rings. The van der Waals surface area contributed by atoms with Crippen LogP contribution in [0.25, 0.3) is 0 Å². The number of piperidine rings is 1. The summed E-state index contributed by atoms with van der Waals surface area (Å²) >= 11 is 3.38. The molecule has 4 nitrogen and oxygen atoms in total. The summed E-state index contributed by atoms with van der Waals surface area (Å²) < 4.78 is 6.38. The van der Waals surface area contributed by atoms with Crippen molar-refractivity contribution in [3.63, 3.8) is 0 Å². The molecule has 5 heteroatoms. The summed E-state index contributed by atoms with van der Waals surface area (Å²) in [5.41, 5.74) is 0.712. The largest absolute Gasteiger partial charge is 0.468 e. The standard InChI is InChI=1S/C18H21BrN2O2/c19-16-5-3-15(4-6-16)18(22)20-12-14-7-9-21(10-8-14)13-17-2-1-11-23-17/h1-6,11,14H,7-10,12-13H2,(H,20,22). The Morgan fingerprint density at radius 1 is 1.22 bits per heavy atom. The van der Waals surface area contributed by atoms with Crippen molar-refractivity contribution in [3.05, 3.63) is 58.5 Å². The first-order valence-corrected chi connectivity index (χ1v) is 8.78. The van der Waals surface area contributed by atoms with E-state index in [-0.39, 0.29) is 5.91 Å². The van der Waals surface area contributed by atoms with Crippen LogP contribution in [-0.4, -0.2) is 30.4 Å². The summed E-state index contributed by atoms with van der Waals surface area (Å²) in [4.78, 5) is 14.5. The number of carbonyl (C=O) groups is 1. The molecule has 1 aromatic carbocycles. The molecule has 0 bridgehead atoms. The lowest BCUT2D eigenvalue weighted by Gasteiger charge is -2.31. The van der Waals surface area contributed by atoms with Gasteiger partial charge in [0.1, 0.15) is 5.76 Å². The van der Waals surface area contributed by atoms with Crippen molar-refractivity contribution in [2.24, 2.45) is 5.92 Å². The molecule has 1 saturated heterocycles. The van der Waals surface area contributed by atoms with Crippen LogP contribution in [0.2, 0.25) is 0 Å². The summed E-state index contributed by atoms with van der Waals surface area (Å²) in [6.07, 6.45) is 3.95. The number of likely N-dealkylation sites (tertiary alicyclic amines) is 1. The molecule has 0 spiro atoms. The van der Waals surface area contributed by atoms with Gasteiger partial charge in [-0.05, 0) is 68.2 Å². The maximum absolute atomic E-state index is 12.1. The number of furan rings is 1. The van der Waals surface area contributed by atoms with Gasteiger partial charge in [0.05, 0.1) is 12.8 Å². The first-order valence-electron chi connectivity index (χ1n) is 7.99. The van der Waals surface area contributed by atoms with Gasteiger partial charge >= 0.3 is 0 Å². The fourth-order valence-electron chi connectivity index (χ4n) is 2.91. The predicted molar refractivity (Wildman–Crippen MR) is 93.2 cm³/mol. The molecule has 2 heterocycles. The van der Waals surface area contributed by atoms with Crippen LogP contribution in [-0.2, 0) is 6.54 Å². The number of nitrogens with one attached hydrogen (secondary N) is 1. The lowest BCUT2D eigenvalue weighted by atomic mass is 9.96. The topological polar surface area (TPSA) is 45.5 Å². The average molecular weight is 377 g/mol. The number of benzene rings is 1. The van der Waals surface area contributed by atoms with E-state index < -0.39 is 0 Å². The van der Waals surface area contributed by atoms with Gasteiger partial charge in [0.15, 0.2) is 0 Å². The molecule has 0 aliphatic carbocycles. The van der Waals surface area contributed by atoms with Crippen molar-refractivity contribution in [2.45, 2.75) is 19.4 Å². The summed E-state index contributed by atoms with van der Waals surface area (Å²) in [7, 11) is 0. The minimum Gasteiger partial charge on any atom is -0.468 e. The fraction of sp³-hybridized carbons (Fsp3) is 0.389. The highest BCUT2D eigenvalue weighted by Gasteiger charge is 2.20. The van der Waals surface area contributed by atoms with E-state index in [1.807, 2.05) is 36.4 Å². The van der Waals surface area contributed by atoms with Crippen LogP contribution in [0.1, 0.15) is 29.0 Å². The SMILES string of the molecule is O=C(NCC1CCN(Cc2ccco2)CC1)c1ccc(Br)cc1. The Kier molecular flexibility index (Phi) is 5.51. The van der Waals surface area contributed by atoms with Crippen molar-refractivity contribution in [1.29, 1.82) is 0 Å². The van der Waals surface area contributed by atoms with Gasteiger partial charge in [0.25, 0.3) is 5.91 Å². The minimum absolute atomic E-state index is 0.00974. The van der Waals surface area contributed by atoms with Crippen molar-refractivity contribution in [2.75, 3.05) is 19.6 Å². The third-order valence-corrected chi connectivity index (χ3v) is 4.85. The Morgan fingerprint density at radius 3 is 2.61 bits per heavy atom. The molecule has 23 heavy (non-hydrogen) atoms. The zero-order chi connectivity index (χ0) is 16.1. The Hall–Kier alpha value is -1.59. The molecule has 0 atom stereocenters. The lowest BCUT2D eigenvalue weighted by molar-refractivity contribution is 0.0934. The molecule has 1 amide bonds. The third-order valence-electron chi connectivity index (χ3n) is 4.32. The maximum Gasteiger partial charge on any atom is 0.251 e. The zero-order valence-corrected chi connectivity index (χ0v) is 14.6. The number of hydrogen-bond donors (Lipinski definition) is 1. The van der Waals surface area contributed by atoms with E-state index in [0.717, 1.165) is 49.3 Å². The van der Waals surface area contributed by atoms with E-state index in [1.54, 1.807) is 6.26 Å². The number of halogens is 1. The summed E-state index contributed by atoms with van der Waals surface area (Å²) in [5.74, 6) is 1.59. The van der Waals surface area contributed by atoms with Gasteiger partial charge < -0.3 is 9.73 Å². The highest BCUT2D eigenvalue weighted by molar-refractivity contribution is 9.10. The van der Waals surface area contributed by atoms with Crippen molar-refractivity contribution in [3.8, 4) is 0 Å². The van der Waals surface area contributed by atoms with Crippen LogP contribution < -0.4 is 5.32 Å². The predicted octanol–water partition coefficient (Wildman–Crippen LogP) is 3.68. The molecular formula is C18H21BrN2O2. The quantitative estimate of drug-likeness (QED) is 0.865. The summed E-state index contributed by atoms with van der Waals surface area (Å²) in [6, 6.07) is 11.4. The maximum atomic E-state index is 12.1. The Bertz CT molecular complexity index is 617. The van der Waals surface area contributed by atoms with E-state index >= 15 is 0 Å². The molecular weight excluding hydrogens is 356 g/mol. The third kappa shape index (κ3) is 4.69. The zero-order valence-electron chi connectivity index (χ0n) is 13.0. The molecule has 1 N–H and O–H groups in total. The van der Waals surface area contributed by atoms with Crippen LogP contribution in [0.5, 0.6) is 0 Å². The van der Waals surface area contributed by atoms with E-state index in [9.17, 15) is 4.79 Å². The molecule has 1 aliphatic heterocycles. The van der Waals surface area contributed by atoms with Crippen LogP contribution in [0.3, 0.4) is 0 Å². The van der Waals surface area contributed by atoms with Gasteiger partial charge in [0.2, 0.25) is 0 Å². The first-order chi connectivity index (χ1) is 11.2. The van der Waals surface area contributed by atoms with E-state index in [1.165, 1.54) is 0 Å². The fourth-order valence-corrected chi connectivity index (χ4v) is 3.18. The Balaban J connectivity index is 1.40. The van der Waals surface area contributed by atoms with Crippen LogP contribution in [0, 0.1) is 5.92 Å². The highest BCUT2D eigenvalue weighted by Crippen LogP contribution is 2.19. The molecule has 2 aromatic rings. The second-order valence-electron chi connectivity index (χ2n) is 6.02. The van der Waals surface area contributed by atoms with Gasteiger partial charge in [-0.2, -0.15) is 0 Å². The minimum atomic E-state index is 0.00974. The molecule has 0 saturated carbocycles. The average Bonchev–Trinajstić information content (AvgIpc) is 3.07. The molecule has 3 rings (SSSR count). The van der Waals surface area contributed by atoms with E-state index in [4.69, 9.17) is 4.42 Å². The van der Waals surface area contributed by atoms with Gasteiger partial charge in [0, 0.05) is 16.6 Å². The van der Waals surface area contributed by atoms with Crippen LogP contribution in [0.15, 0.2) is 51.6 Å². The van der Waals surface area contributed by atoms with Gasteiger partial charge in [-0.3, -0.25) is 9.69 Å². The number of amides is 1. The smallest absolute Gasteiger partial charge is 0.251 e. The molecule has 0 radical (unpaired) electrons. The molecule has 1 aromatic heterocycles. The normalized spacial score (nSPS) is 16.4. The summed E-state index contributed by atoms with van der Waals surface area (Å²) in [6.45, 7) is 3.74. The summed E-state index contributed by atoms with van der Waals surface area (Å²) in [5, 5.41) is 3.06. The monoisotopic (exact) mass is 376 g/mol. The second kappa shape index (κ2) is 7.79. The highest BCUT2D eigenvalue weighted by atomic mass is 79.9. The van der Waals surface area contributed by atoms with Crippen molar-refractivity contribution < 1.29 is 9.21 Å². The van der Waals surface area contributed by atoms with E-state index in [0.29, 0.717) is 11.5 Å². The lowest BCUT2D eigenvalue weighted by Crippen LogP contribution is -2.38. The van der Waals surface area contributed by atoms with Gasteiger partial charge in [-0.1, -0.05) is 15.9 Å². The first kappa shape index (κ1) is 16.3. The Labute approximate surface area is 145 Å². The Morgan fingerprint density at radius 2 is 1.96 bits per heavy atom. The number of hydrogen-bond acceptors (Lipinski definition) is 3. The molecule has 0 unspecified atom stereocenters. The van der Waals surface area contributed by atoms with Gasteiger partial charge in [-0.15, -0.1) is 0 Å².